The Hall–Kier alpha value is -2.47. The monoisotopic (exact) mass is 354 g/mol. The van der Waals surface area contributed by atoms with Crippen molar-refractivity contribution in [3.8, 4) is 0 Å². The van der Waals surface area contributed by atoms with Crippen LogP contribution in [-0.2, 0) is 6.42 Å². The molecule has 0 aliphatic carbocycles. The van der Waals surface area contributed by atoms with Gasteiger partial charge in [-0.3, -0.25) is 9.78 Å². The molecule has 2 aromatic heterocycles. The number of nitrogens with zero attached hydrogens (tertiary/aromatic N) is 3. The quantitative estimate of drug-likeness (QED) is 0.744. The number of amides is 1. The Morgan fingerprint density at radius 3 is 2.92 bits per heavy atom. The van der Waals surface area contributed by atoms with Crippen molar-refractivity contribution in [3.63, 3.8) is 0 Å². The minimum atomic E-state index is -0.100. The first kappa shape index (κ1) is 18.3. The minimum absolute atomic E-state index is 0.100. The molecule has 0 spiro atoms. The molecule has 26 heavy (non-hydrogen) atoms. The maximum atomic E-state index is 12.2. The molecule has 1 atom stereocenters. The summed E-state index contributed by atoms with van der Waals surface area (Å²) in [6.45, 7) is 2.60. The van der Waals surface area contributed by atoms with Gasteiger partial charge in [0.2, 0.25) is 0 Å². The lowest BCUT2D eigenvalue weighted by atomic mass is 9.99. The van der Waals surface area contributed by atoms with Gasteiger partial charge in [-0.05, 0) is 55.9 Å². The van der Waals surface area contributed by atoms with E-state index in [0.29, 0.717) is 18.0 Å². The van der Waals surface area contributed by atoms with Crippen LogP contribution in [0.2, 0.25) is 0 Å². The zero-order chi connectivity index (χ0) is 18.2. The van der Waals surface area contributed by atoms with E-state index in [-0.39, 0.29) is 12.5 Å². The van der Waals surface area contributed by atoms with Gasteiger partial charge in [0.1, 0.15) is 5.82 Å². The van der Waals surface area contributed by atoms with E-state index in [9.17, 15) is 9.90 Å². The molecule has 0 unspecified atom stereocenters. The average molecular weight is 354 g/mol. The molecule has 0 radical (unpaired) electrons. The first-order valence-electron chi connectivity index (χ1n) is 9.26. The van der Waals surface area contributed by atoms with Crippen LogP contribution in [0, 0.1) is 5.92 Å². The molecule has 0 saturated carbocycles. The van der Waals surface area contributed by atoms with Crippen molar-refractivity contribution in [3.05, 3.63) is 54.0 Å². The van der Waals surface area contributed by atoms with E-state index in [1.807, 2.05) is 30.3 Å². The van der Waals surface area contributed by atoms with Crippen molar-refractivity contribution >= 4 is 11.7 Å². The van der Waals surface area contributed by atoms with E-state index >= 15 is 0 Å². The van der Waals surface area contributed by atoms with E-state index in [0.717, 1.165) is 50.3 Å². The number of aryl methyl sites for hydroxylation is 1. The first-order valence-corrected chi connectivity index (χ1v) is 9.26. The second-order valence-electron chi connectivity index (χ2n) is 6.72. The van der Waals surface area contributed by atoms with Crippen LogP contribution in [0.4, 0.5) is 5.82 Å². The maximum absolute atomic E-state index is 12.2. The smallest absolute Gasteiger partial charge is 0.252 e. The normalized spacial score (nSPS) is 17.1. The predicted octanol–water partition coefficient (Wildman–Crippen LogP) is 2.05. The number of aliphatic hydroxyl groups is 1. The molecule has 1 aliphatic heterocycles. The van der Waals surface area contributed by atoms with Crippen molar-refractivity contribution < 1.29 is 9.90 Å². The minimum Gasteiger partial charge on any atom is -0.396 e. The van der Waals surface area contributed by atoms with E-state index in [4.69, 9.17) is 0 Å². The fourth-order valence-corrected chi connectivity index (χ4v) is 3.25. The Bertz CT molecular complexity index is 691. The maximum Gasteiger partial charge on any atom is 0.252 e. The number of carbonyl (C=O) groups is 1. The van der Waals surface area contributed by atoms with Crippen molar-refractivity contribution in [1.82, 2.24) is 15.3 Å². The van der Waals surface area contributed by atoms with Gasteiger partial charge in [-0.2, -0.15) is 0 Å². The number of hydrogen-bond donors (Lipinski definition) is 2. The fraction of sp³-hybridized carbons (Fsp3) is 0.450. The second-order valence-corrected chi connectivity index (χ2v) is 6.72. The number of hydrogen-bond acceptors (Lipinski definition) is 5. The number of aromatic nitrogens is 2. The van der Waals surface area contributed by atoms with Crippen molar-refractivity contribution in [2.24, 2.45) is 5.92 Å². The van der Waals surface area contributed by atoms with Crippen molar-refractivity contribution in [1.29, 1.82) is 0 Å². The second kappa shape index (κ2) is 9.29. The van der Waals surface area contributed by atoms with Gasteiger partial charge in [-0.25, -0.2) is 4.98 Å². The molecule has 1 fully saturated rings. The Balaban J connectivity index is 1.46. The fourth-order valence-electron chi connectivity index (χ4n) is 3.25. The van der Waals surface area contributed by atoms with Crippen LogP contribution in [0.5, 0.6) is 0 Å². The number of pyridine rings is 2. The van der Waals surface area contributed by atoms with E-state index < -0.39 is 0 Å². The molecule has 2 aromatic rings. The van der Waals surface area contributed by atoms with Crippen LogP contribution in [-0.4, -0.2) is 47.2 Å². The van der Waals surface area contributed by atoms with Gasteiger partial charge >= 0.3 is 0 Å². The molecule has 1 saturated heterocycles. The topological polar surface area (TPSA) is 78.4 Å². The number of aliphatic hydroxyl groups excluding tert-OH is 1. The Labute approximate surface area is 154 Å². The van der Waals surface area contributed by atoms with Gasteiger partial charge in [-0.1, -0.05) is 6.07 Å². The van der Waals surface area contributed by atoms with Gasteiger partial charge in [0.15, 0.2) is 0 Å². The lowest BCUT2D eigenvalue weighted by Crippen LogP contribution is -2.37. The molecule has 6 nitrogen and oxygen atoms in total. The van der Waals surface area contributed by atoms with E-state index in [1.165, 1.54) is 0 Å². The highest BCUT2D eigenvalue weighted by Crippen LogP contribution is 2.21. The number of rotatable bonds is 7. The summed E-state index contributed by atoms with van der Waals surface area (Å²) in [5.41, 5.74) is 1.61. The molecular weight excluding hydrogens is 328 g/mol. The molecular formula is C20H26N4O2. The zero-order valence-electron chi connectivity index (χ0n) is 15.0. The summed E-state index contributed by atoms with van der Waals surface area (Å²) in [6, 6.07) is 9.57. The number of piperidine rings is 1. The molecule has 138 valence electrons. The third-order valence-corrected chi connectivity index (χ3v) is 4.73. The highest BCUT2D eigenvalue weighted by molar-refractivity contribution is 5.94. The Kier molecular flexibility index (Phi) is 6.55. The number of anilines is 1. The summed E-state index contributed by atoms with van der Waals surface area (Å²) in [7, 11) is 0. The molecule has 1 amide bonds. The first-order chi connectivity index (χ1) is 12.8. The van der Waals surface area contributed by atoms with Crippen molar-refractivity contribution in [2.75, 3.05) is 31.1 Å². The van der Waals surface area contributed by atoms with E-state index in [1.54, 1.807) is 12.4 Å². The van der Waals surface area contributed by atoms with E-state index in [2.05, 4.69) is 20.2 Å². The summed E-state index contributed by atoms with van der Waals surface area (Å²) in [5, 5.41) is 12.3. The number of carbonyl (C=O) groups excluding carboxylic acids is 1. The number of nitrogens with one attached hydrogen (secondary N) is 1. The largest absolute Gasteiger partial charge is 0.396 e. The van der Waals surface area contributed by atoms with Crippen LogP contribution < -0.4 is 10.2 Å². The molecule has 6 heteroatoms. The van der Waals surface area contributed by atoms with Crippen LogP contribution in [0.15, 0.2) is 42.7 Å². The summed E-state index contributed by atoms with van der Waals surface area (Å²) < 4.78 is 0. The summed E-state index contributed by atoms with van der Waals surface area (Å²) in [5.74, 6) is 1.08. The summed E-state index contributed by atoms with van der Waals surface area (Å²) in [6.07, 6.45) is 7.24. The van der Waals surface area contributed by atoms with Gasteiger partial charge < -0.3 is 15.3 Å². The van der Waals surface area contributed by atoms with Crippen LogP contribution >= 0.6 is 0 Å². The Morgan fingerprint density at radius 1 is 1.27 bits per heavy atom. The van der Waals surface area contributed by atoms with Crippen LogP contribution in [0.1, 0.15) is 35.3 Å². The standard InChI is InChI=1S/C20H26N4O2/c25-15-16-5-4-12-24(14-16)19-9-8-17(13-23-19)20(26)22-11-3-7-18-6-1-2-10-21-18/h1-2,6,8-10,13,16,25H,3-5,7,11-12,14-15H2,(H,22,26)/t16-/m0/s1. The third-order valence-electron chi connectivity index (χ3n) is 4.73. The molecule has 1 aliphatic rings. The molecule has 2 N–H and O–H groups in total. The van der Waals surface area contributed by atoms with Gasteiger partial charge in [-0.15, -0.1) is 0 Å². The highest BCUT2D eigenvalue weighted by atomic mass is 16.3. The third kappa shape index (κ3) is 5.02. The van der Waals surface area contributed by atoms with Gasteiger partial charge in [0.05, 0.1) is 5.56 Å². The van der Waals surface area contributed by atoms with Crippen LogP contribution in [0.25, 0.3) is 0 Å². The highest BCUT2D eigenvalue weighted by Gasteiger charge is 2.20. The zero-order valence-corrected chi connectivity index (χ0v) is 15.0. The lowest BCUT2D eigenvalue weighted by molar-refractivity contribution is 0.0953. The Morgan fingerprint density at radius 2 is 2.19 bits per heavy atom. The summed E-state index contributed by atoms with van der Waals surface area (Å²) >= 11 is 0. The SMILES string of the molecule is O=C(NCCCc1ccccn1)c1ccc(N2CCC[C@H](CO)C2)nc1. The lowest BCUT2D eigenvalue weighted by Gasteiger charge is -2.32. The molecule has 0 bridgehead atoms. The summed E-state index contributed by atoms with van der Waals surface area (Å²) in [4.78, 5) is 23.1. The van der Waals surface area contributed by atoms with Crippen molar-refractivity contribution in [2.45, 2.75) is 25.7 Å². The molecule has 3 rings (SSSR count). The average Bonchev–Trinajstić information content (AvgIpc) is 2.72. The molecule has 3 heterocycles. The van der Waals surface area contributed by atoms with Gasteiger partial charge in [0.25, 0.3) is 5.91 Å². The van der Waals surface area contributed by atoms with Crippen LogP contribution in [0.3, 0.4) is 0 Å². The van der Waals surface area contributed by atoms with Gasteiger partial charge in [0, 0.05) is 44.3 Å². The predicted molar refractivity (Wildman–Crippen MR) is 101 cm³/mol. The molecule has 0 aromatic carbocycles.